The maximum Gasteiger partial charge on any atom is 0.325 e. The predicted octanol–water partition coefficient (Wildman–Crippen LogP) is 0.754. The molecule has 1 aromatic rings. The minimum Gasteiger partial charge on any atom is -0.480 e. The molecule has 0 aromatic heterocycles. The molecule has 0 radical (unpaired) electrons. The van der Waals surface area contributed by atoms with Crippen LogP contribution in [0.15, 0.2) is 30.3 Å². The molecule has 5 heteroatoms. The number of aliphatic carboxylic acids is 1. The minimum atomic E-state index is -1.04. The number of nitrogens with one attached hydrogen (secondary N) is 2. The van der Waals surface area contributed by atoms with E-state index in [1.54, 1.807) is 6.92 Å². The molecule has 5 nitrogen and oxygen atoms in total. The molecule has 0 aliphatic carbocycles. The van der Waals surface area contributed by atoms with Gasteiger partial charge < -0.3 is 15.7 Å². The summed E-state index contributed by atoms with van der Waals surface area (Å²) in [6, 6.07) is 8.37. The Balaban J connectivity index is 2.39. The van der Waals surface area contributed by atoms with Gasteiger partial charge in [0.25, 0.3) is 0 Å². The monoisotopic (exact) mass is 250 g/mol. The molecule has 2 atom stereocenters. The van der Waals surface area contributed by atoms with Crippen molar-refractivity contribution in [1.82, 2.24) is 10.6 Å². The van der Waals surface area contributed by atoms with E-state index in [0.717, 1.165) is 5.56 Å². The summed E-state index contributed by atoms with van der Waals surface area (Å²) < 4.78 is 0. The fraction of sp³-hybridized carbons (Fsp3) is 0.385. The number of carbonyl (C=O) groups excluding carboxylic acids is 1. The quantitative estimate of drug-likeness (QED) is 0.696. The van der Waals surface area contributed by atoms with E-state index in [2.05, 4.69) is 10.6 Å². The Morgan fingerprint density at radius 2 is 1.78 bits per heavy atom. The maximum absolute atomic E-state index is 11.6. The first-order chi connectivity index (χ1) is 8.50. The third-order valence-corrected chi connectivity index (χ3v) is 2.58. The number of hydrogen-bond acceptors (Lipinski definition) is 3. The van der Waals surface area contributed by atoms with Crippen molar-refractivity contribution in [2.45, 2.75) is 32.5 Å². The highest BCUT2D eigenvalue weighted by atomic mass is 16.4. The van der Waals surface area contributed by atoms with E-state index in [-0.39, 0.29) is 5.91 Å². The van der Waals surface area contributed by atoms with Crippen LogP contribution in [-0.4, -0.2) is 29.1 Å². The second-order valence-corrected chi connectivity index (χ2v) is 4.16. The highest BCUT2D eigenvalue weighted by Crippen LogP contribution is 1.98. The zero-order valence-corrected chi connectivity index (χ0v) is 10.5. The minimum absolute atomic E-state index is 0.319. The number of carbonyl (C=O) groups is 2. The fourth-order valence-electron chi connectivity index (χ4n) is 1.36. The van der Waals surface area contributed by atoms with Crippen molar-refractivity contribution in [3.63, 3.8) is 0 Å². The van der Waals surface area contributed by atoms with Gasteiger partial charge in [-0.15, -0.1) is 0 Å². The SMILES string of the molecule is C[C@H](NC(=O)[C@H](C)NCc1ccccc1)C(=O)O. The summed E-state index contributed by atoms with van der Waals surface area (Å²) in [7, 11) is 0. The van der Waals surface area contributed by atoms with Crippen LogP contribution in [-0.2, 0) is 16.1 Å². The van der Waals surface area contributed by atoms with Crippen LogP contribution in [0.4, 0.5) is 0 Å². The lowest BCUT2D eigenvalue weighted by molar-refractivity contribution is -0.141. The zero-order valence-electron chi connectivity index (χ0n) is 10.5. The van der Waals surface area contributed by atoms with Crippen LogP contribution >= 0.6 is 0 Å². The van der Waals surface area contributed by atoms with Gasteiger partial charge in [-0.05, 0) is 19.4 Å². The van der Waals surface area contributed by atoms with Crippen molar-refractivity contribution < 1.29 is 14.7 Å². The summed E-state index contributed by atoms with van der Waals surface area (Å²) in [6.07, 6.45) is 0. The van der Waals surface area contributed by atoms with Gasteiger partial charge in [-0.25, -0.2) is 0 Å². The number of rotatable bonds is 6. The summed E-state index contributed by atoms with van der Waals surface area (Å²) in [6.45, 7) is 3.70. The smallest absolute Gasteiger partial charge is 0.325 e. The van der Waals surface area contributed by atoms with Crippen LogP contribution in [0.1, 0.15) is 19.4 Å². The molecular weight excluding hydrogens is 232 g/mol. The molecule has 1 rings (SSSR count). The normalized spacial score (nSPS) is 13.7. The molecule has 0 spiro atoms. The van der Waals surface area contributed by atoms with Crippen molar-refractivity contribution in [2.24, 2.45) is 0 Å². The third kappa shape index (κ3) is 4.55. The third-order valence-electron chi connectivity index (χ3n) is 2.58. The first-order valence-corrected chi connectivity index (χ1v) is 5.81. The molecule has 0 bridgehead atoms. The van der Waals surface area contributed by atoms with E-state index in [1.165, 1.54) is 6.92 Å². The second kappa shape index (κ2) is 6.76. The van der Waals surface area contributed by atoms with Crippen molar-refractivity contribution in [1.29, 1.82) is 0 Å². The Morgan fingerprint density at radius 1 is 1.17 bits per heavy atom. The summed E-state index contributed by atoms with van der Waals surface area (Å²) in [5, 5.41) is 14.1. The van der Waals surface area contributed by atoms with Gasteiger partial charge in [-0.2, -0.15) is 0 Å². The number of hydrogen-bond donors (Lipinski definition) is 3. The highest BCUT2D eigenvalue weighted by Gasteiger charge is 2.18. The second-order valence-electron chi connectivity index (χ2n) is 4.16. The van der Waals surface area contributed by atoms with E-state index in [9.17, 15) is 9.59 Å². The lowest BCUT2D eigenvalue weighted by atomic mass is 10.2. The molecule has 1 aromatic carbocycles. The van der Waals surface area contributed by atoms with Gasteiger partial charge in [-0.1, -0.05) is 30.3 Å². The Kier molecular flexibility index (Phi) is 5.32. The first-order valence-electron chi connectivity index (χ1n) is 5.81. The van der Waals surface area contributed by atoms with E-state index in [0.29, 0.717) is 6.54 Å². The number of carboxylic acid groups (broad SMARTS) is 1. The van der Waals surface area contributed by atoms with Crippen molar-refractivity contribution >= 4 is 11.9 Å². The van der Waals surface area contributed by atoms with Gasteiger partial charge in [0, 0.05) is 6.54 Å². The molecular formula is C13H18N2O3. The van der Waals surface area contributed by atoms with Crippen LogP contribution in [0.25, 0.3) is 0 Å². The Bertz CT molecular complexity index is 406. The van der Waals surface area contributed by atoms with Crippen molar-refractivity contribution in [3.8, 4) is 0 Å². The van der Waals surface area contributed by atoms with Crippen LogP contribution in [0, 0.1) is 0 Å². The van der Waals surface area contributed by atoms with Crippen molar-refractivity contribution in [3.05, 3.63) is 35.9 Å². The lowest BCUT2D eigenvalue weighted by Gasteiger charge is -2.16. The van der Waals surface area contributed by atoms with Gasteiger partial charge in [-0.3, -0.25) is 9.59 Å². The van der Waals surface area contributed by atoms with Gasteiger partial charge >= 0.3 is 5.97 Å². The van der Waals surface area contributed by atoms with Gasteiger partial charge in [0.15, 0.2) is 0 Å². The van der Waals surface area contributed by atoms with Crippen LogP contribution < -0.4 is 10.6 Å². The average molecular weight is 250 g/mol. The van der Waals surface area contributed by atoms with E-state index >= 15 is 0 Å². The topological polar surface area (TPSA) is 78.4 Å². The number of carboxylic acids is 1. The predicted molar refractivity (Wildman–Crippen MR) is 68.0 cm³/mol. The average Bonchev–Trinajstić information content (AvgIpc) is 2.36. The summed E-state index contributed by atoms with van der Waals surface area (Å²) in [4.78, 5) is 22.2. The molecule has 0 unspecified atom stereocenters. The zero-order chi connectivity index (χ0) is 13.5. The van der Waals surface area contributed by atoms with E-state index in [1.807, 2.05) is 30.3 Å². The van der Waals surface area contributed by atoms with Gasteiger partial charge in [0.1, 0.15) is 6.04 Å². The number of amides is 1. The summed E-state index contributed by atoms with van der Waals surface area (Å²) in [5.41, 5.74) is 1.07. The maximum atomic E-state index is 11.6. The van der Waals surface area contributed by atoms with E-state index in [4.69, 9.17) is 5.11 Å². The molecule has 0 saturated carbocycles. The van der Waals surface area contributed by atoms with E-state index < -0.39 is 18.1 Å². The van der Waals surface area contributed by atoms with Gasteiger partial charge in [0.2, 0.25) is 5.91 Å². The molecule has 3 N–H and O–H groups in total. The molecule has 18 heavy (non-hydrogen) atoms. The summed E-state index contributed by atoms with van der Waals surface area (Å²) in [5.74, 6) is -1.36. The van der Waals surface area contributed by atoms with Crippen LogP contribution in [0.2, 0.25) is 0 Å². The highest BCUT2D eigenvalue weighted by molar-refractivity contribution is 5.86. The molecule has 0 aliphatic rings. The molecule has 0 fully saturated rings. The summed E-state index contributed by atoms with van der Waals surface area (Å²) >= 11 is 0. The fourth-order valence-corrected chi connectivity index (χ4v) is 1.36. The van der Waals surface area contributed by atoms with Crippen molar-refractivity contribution in [2.75, 3.05) is 0 Å². The molecule has 98 valence electrons. The molecule has 1 amide bonds. The largest absolute Gasteiger partial charge is 0.480 e. The Morgan fingerprint density at radius 3 is 2.33 bits per heavy atom. The first kappa shape index (κ1) is 14.2. The van der Waals surface area contributed by atoms with Crippen LogP contribution in [0.3, 0.4) is 0 Å². The standard InChI is InChI=1S/C13H18N2O3/c1-9(12(16)15-10(2)13(17)18)14-8-11-6-4-3-5-7-11/h3-7,9-10,14H,8H2,1-2H3,(H,15,16)(H,17,18)/t9-,10-/m0/s1. The lowest BCUT2D eigenvalue weighted by Crippen LogP contribution is -2.47. The molecule has 0 aliphatic heterocycles. The van der Waals surface area contributed by atoms with Crippen LogP contribution in [0.5, 0.6) is 0 Å². The Labute approximate surface area is 106 Å². The molecule has 0 saturated heterocycles. The number of benzene rings is 1. The molecule has 0 heterocycles. The Hall–Kier alpha value is -1.88. The van der Waals surface area contributed by atoms with Gasteiger partial charge in [0.05, 0.1) is 6.04 Å².